The second kappa shape index (κ2) is 5.16. The third-order valence-electron chi connectivity index (χ3n) is 3.25. The van der Waals surface area contributed by atoms with Gasteiger partial charge >= 0.3 is 0 Å². The second-order valence-electron chi connectivity index (χ2n) is 4.62. The molecular formula is C15H12N4O2. The van der Waals surface area contributed by atoms with E-state index in [0.29, 0.717) is 11.3 Å². The minimum atomic E-state index is -0.408. The van der Waals surface area contributed by atoms with E-state index in [4.69, 9.17) is 0 Å². The smallest absolute Gasteiger partial charge is 0.270 e. The summed E-state index contributed by atoms with van der Waals surface area (Å²) in [6, 6.07) is 10.2. The Balaban J connectivity index is 2.17. The molecule has 2 heterocycles. The lowest BCUT2D eigenvalue weighted by Crippen LogP contribution is -1.89. The summed E-state index contributed by atoms with van der Waals surface area (Å²) in [6.45, 7) is 1.92. The largest absolute Gasteiger partial charge is 0.282 e. The first-order valence-corrected chi connectivity index (χ1v) is 6.37. The quantitative estimate of drug-likeness (QED) is 0.589. The Morgan fingerprint density at radius 3 is 2.62 bits per heavy atom. The number of non-ortho nitro benzene ring substituents is 1. The van der Waals surface area contributed by atoms with E-state index < -0.39 is 4.92 Å². The zero-order chi connectivity index (χ0) is 14.8. The van der Waals surface area contributed by atoms with Crippen molar-refractivity contribution >= 4 is 5.69 Å². The van der Waals surface area contributed by atoms with E-state index in [0.717, 1.165) is 16.8 Å². The van der Waals surface area contributed by atoms with Gasteiger partial charge in [-0.25, -0.2) is 0 Å². The number of nitro benzene ring substituents is 1. The van der Waals surface area contributed by atoms with E-state index in [9.17, 15) is 10.1 Å². The maximum absolute atomic E-state index is 10.9. The zero-order valence-electron chi connectivity index (χ0n) is 11.3. The summed E-state index contributed by atoms with van der Waals surface area (Å²) in [7, 11) is 0. The van der Waals surface area contributed by atoms with Crippen LogP contribution in [0.3, 0.4) is 0 Å². The van der Waals surface area contributed by atoms with Crippen molar-refractivity contribution in [3.05, 3.63) is 64.6 Å². The molecule has 0 bridgehead atoms. The van der Waals surface area contributed by atoms with Crippen LogP contribution in [0.25, 0.3) is 22.4 Å². The van der Waals surface area contributed by atoms with Gasteiger partial charge in [0.15, 0.2) is 0 Å². The standard InChI is InChI=1S/C15H12N4O2/c1-10-14(11-5-7-16-8-6-11)15(18-17-10)12-3-2-4-13(9-12)19(20)21/h2-9H,1H3,(H,17,18). The predicted molar refractivity (Wildman–Crippen MR) is 78.6 cm³/mol. The molecule has 0 amide bonds. The van der Waals surface area contributed by atoms with Crippen LogP contribution in [0.2, 0.25) is 0 Å². The van der Waals surface area contributed by atoms with Crippen LogP contribution < -0.4 is 0 Å². The highest BCUT2D eigenvalue weighted by atomic mass is 16.6. The van der Waals surface area contributed by atoms with Crippen LogP contribution in [-0.2, 0) is 0 Å². The Morgan fingerprint density at radius 1 is 1.14 bits per heavy atom. The molecule has 6 nitrogen and oxygen atoms in total. The molecule has 21 heavy (non-hydrogen) atoms. The number of pyridine rings is 1. The molecule has 0 saturated heterocycles. The molecule has 2 aromatic heterocycles. The Kier molecular flexibility index (Phi) is 3.19. The minimum absolute atomic E-state index is 0.0498. The van der Waals surface area contributed by atoms with Crippen LogP contribution in [0.1, 0.15) is 5.69 Å². The topological polar surface area (TPSA) is 84.7 Å². The number of nitro groups is 1. The summed E-state index contributed by atoms with van der Waals surface area (Å²) < 4.78 is 0. The average molecular weight is 280 g/mol. The minimum Gasteiger partial charge on any atom is -0.282 e. The van der Waals surface area contributed by atoms with E-state index in [1.807, 2.05) is 25.1 Å². The number of aromatic nitrogens is 3. The number of aromatic amines is 1. The van der Waals surface area contributed by atoms with Gasteiger partial charge < -0.3 is 0 Å². The highest BCUT2D eigenvalue weighted by molar-refractivity contribution is 5.82. The highest BCUT2D eigenvalue weighted by Crippen LogP contribution is 2.33. The number of H-pyrrole nitrogens is 1. The molecule has 1 N–H and O–H groups in total. The Morgan fingerprint density at radius 2 is 1.90 bits per heavy atom. The van der Waals surface area contributed by atoms with E-state index in [1.54, 1.807) is 18.5 Å². The summed E-state index contributed by atoms with van der Waals surface area (Å²) in [4.78, 5) is 14.5. The average Bonchev–Trinajstić information content (AvgIpc) is 2.90. The molecule has 3 aromatic rings. The first-order chi connectivity index (χ1) is 10.2. The van der Waals surface area contributed by atoms with Gasteiger partial charge in [-0.3, -0.25) is 20.2 Å². The molecule has 0 aliphatic rings. The summed E-state index contributed by atoms with van der Waals surface area (Å²) >= 11 is 0. The molecule has 0 unspecified atom stereocenters. The molecule has 0 saturated carbocycles. The number of nitrogens with one attached hydrogen (secondary N) is 1. The molecule has 0 radical (unpaired) electrons. The molecule has 0 atom stereocenters. The summed E-state index contributed by atoms with van der Waals surface area (Å²) in [5, 5.41) is 18.2. The van der Waals surface area contributed by atoms with Crippen molar-refractivity contribution in [2.24, 2.45) is 0 Å². The second-order valence-corrected chi connectivity index (χ2v) is 4.62. The summed E-state index contributed by atoms with van der Waals surface area (Å²) in [5.74, 6) is 0. The zero-order valence-corrected chi connectivity index (χ0v) is 11.3. The lowest BCUT2D eigenvalue weighted by atomic mass is 10.00. The van der Waals surface area contributed by atoms with Gasteiger partial charge in [-0.1, -0.05) is 12.1 Å². The molecule has 0 aliphatic carbocycles. The summed E-state index contributed by atoms with van der Waals surface area (Å²) in [6.07, 6.45) is 3.41. The maximum Gasteiger partial charge on any atom is 0.270 e. The number of hydrogen-bond donors (Lipinski definition) is 1. The maximum atomic E-state index is 10.9. The SMILES string of the molecule is Cc1[nH]nc(-c2cccc([N+](=O)[O-])c2)c1-c1ccncc1. The van der Waals surface area contributed by atoms with E-state index in [1.165, 1.54) is 12.1 Å². The third kappa shape index (κ3) is 2.38. The molecule has 1 aromatic carbocycles. The number of nitrogens with zero attached hydrogens (tertiary/aromatic N) is 3. The Labute approximate surface area is 120 Å². The first-order valence-electron chi connectivity index (χ1n) is 6.37. The van der Waals surface area contributed by atoms with Crippen LogP contribution in [0.15, 0.2) is 48.8 Å². The van der Waals surface area contributed by atoms with Crippen molar-refractivity contribution in [1.29, 1.82) is 0 Å². The van der Waals surface area contributed by atoms with E-state index in [-0.39, 0.29) is 5.69 Å². The molecular weight excluding hydrogens is 268 g/mol. The molecule has 6 heteroatoms. The lowest BCUT2D eigenvalue weighted by Gasteiger charge is -2.04. The van der Waals surface area contributed by atoms with E-state index >= 15 is 0 Å². The van der Waals surface area contributed by atoms with Crippen molar-refractivity contribution in [3.63, 3.8) is 0 Å². The number of benzene rings is 1. The van der Waals surface area contributed by atoms with Crippen LogP contribution in [0.5, 0.6) is 0 Å². The van der Waals surface area contributed by atoms with Gasteiger partial charge in [-0.05, 0) is 24.6 Å². The third-order valence-corrected chi connectivity index (χ3v) is 3.25. The summed E-state index contributed by atoms with van der Waals surface area (Å²) in [5.41, 5.74) is 4.26. The van der Waals surface area contributed by atoms with Crippen LogP contribution in [0, 0.1) is 17.0 Å². The van der Waals surface area contributed by atoms with Gasteiger partial charge in [0.05, 0.1) is 4.92 Å². The normalized spacial score (nSPS) is 10.5. The van der Waals surface area contributed by atoms with Crippen molar-refractivity contribution in [1.82, 2.24) is 15.2 Å². The molecule has 104 valence electrons. The van der Waals surface area contributed by atoms with Crippen molar-refractivity contribution in [3.8, 4) is 22.4 Å². The Bertz CT molecular complexity index is 796. The monoisotopic (exact) mass is 280 g/mol. The van der Waals surface area contributed by atoms with Gasteiger partial charge in [0.25, 0.3) is 5.69 Å². The molecule has 0 aliphatic heterocycles. The van der Waals surface area contributed by atoms with E-state index in [2.05, 4.69) is 15.2 Å². The number of aryl methyl sites for hydroxylation is 1. The molecule has 0 fully saturated rings. The van der Waals surface area contributed by atoms with Crippen LogP contribution in [-0.4, -0.2) is 20.1 Å². The van der Waals surface area contributed by atoms with Gasteiger partial charge in [0.1, 0.15) is 5.69 Å². The van der Waals surface area contributed by atoms with Gasteiger partial charge in [-0.2, -0.15) is 5.10 Å². The number of rotatable bonds is 3. The molecule has 3 rings (SSSR count). The van der Waals surface area contributed by atoms with Gasteiger partial charge in [-0.15, -0.1) is 0 Å². The fraction of sp³-hybridized carbons (Fsp3) is 0.0667. The van der Waals surface area contributed by atoms with Crippen LogP contribution >= 0.6 is 0 Å². The first kappa shape index (κ1) is 13.0. The van der Waals surface area contributed by atoms with Crippen LogP contribution in [0.4, 0.5) is 5.69 Å². The fourth-order valence-corrected chi connectivity index (χ4v) is 2.28. The van der Waals surface area contributed by atoms with Crippen molar-refractivity contribution in [2.45, 2.75) is 6.92 Å². The predicted octanol–water partition coefficient (Wildman–Crippen LogP) is 3.36. The van der Waals surface area contributed by atoms with Gasteiger partial charge in [0, 0.05) is 41.3 Å². The fourth-order valence-electron chi connectivity index (χ4n) is 2.28. The van der Waals surface area contributed by atoms with Gasteiger partial charge in [0.2, 0.25) is 0 Å². The molecule has 0 spiro atoms. The highest BCUT2D eigenvalue weighted by Gasteiger charge is 2.16. The Hall–Kier alpha value is -3.02. The lowest BCUT2D eigenvalue weighted by molar-refractivity contribution is -0.384. The van der Waals surface area contributed by atoms with Crippen molar-refractivity contribution in [2.75, 3.05) is 0 Å². The van der Waals surface area contributed by atoms with Crippen molar-refractivity contribution < 1.29 is 4.92 Å². The number of hydrogen-bond acceptors (Lipinski definition) is 4.